The van der Waals surface area contributed by atoms with E-state index in [1.165, 1.54) is 89.9 Å². The molecule has 0 aromatic heterocycles. The van der Waals surface area contributed by atoms with E-state index in [0.717, 1.165) is 19.1 Å². The maximum Gasteiger partial charge on any atom is 0.122 e. The minimum absolute atomic E-state index is 0.213. The summed E-state index contributed by atoms with van der Waals surface area (Å²) in [5.74, 6) is 0. The standard InChI is InChI=1S/C23H44O3/c1-4-5-6-7-8-9-10-11-12-13-14-15-16-17-18-22(2)21-23(3,19-20-24)26-25-22/h20H,4-19,21H2,1-3H3/t22-,23-/m0/s1. The molecule has 1 fully saturated rings. The summed E-state index contributed by atoms with van der Waals surface area (Å²) in [7, 11) is 0. The third-order valence-corrected chi connectivity index (χ3v) is 5.77. The van der Waals surface area contributed by atoms with Crippen molar-refractivity contribution < 1.29 is 14.6 Å². The first-order valence-corrected chi connectivity index (χ1v) is 11.3. The topological polar surface area (TPSA) is 35.5 Å². The zero-order valence-electron chi connectivity index (χ0n) is 17.8. The summed E-state index contributed by atoms with van der Waals surface area (Å²) in [4.78, 5) is 21.7. The smallest absolute Gasteiger partial charge is 0.122 e. The first-order valence-electron chi connectivity index (χ1n) is 11.3. The van der Waals surface area contributed by atoms with Crippen molar-refractivity contribution in [1.29, 1.82) is 0 Å². The molecule has 0 N–H and O–H groups in total. The second-order valence-electron chi connectivity index (χ2n) is 8.96. The highest BCUT2D eigenvalue weighted by molar-refractivity contribution is 5.51. The van der Waals surface area contributed by atoms with Gasteiger partial charge in [0.25, 0.3) is 0 Å². The van der Waals surface area contributed by atoms with Crippen LogP contribution in [0.3, 0.4) is 0 Å². The molecule has 26 heavy (non-hydrogen) atoms. The second-order valence-corrected chi connectivity index (χ2v) is 8.96. The zero-order chi connectivity index (χ0) is 19.1. The summed E-state index contributed by atoms with van der Waals surface area (Å²) in [6.45, 7) is 6.37. The minimum Gasteiger partial charge on any atom is -0.303 e. The molecule has 2 atom stereocenters. The van der Waals surface area contributed by atoms with Crippen LogP contribution in [0, 0.1) is 0 Å². The molecule has 0 aromatic rings. The van der Waals surface area contributed by atoms with Crippen LogP contribution in [0.15, 0.2) is 0 Å². The van der Waals surface area contributed by atoms with Crippen LogP contribution >= 0.6 is 0 Å². The molecular formula is C23H44O3. The third kappa shape index (κ3) is 10.7. The van der Waals surface area contributed by atoms with Crippen LogP contribution in [0.25, 0.3) is 0 Å². The van der Waals surface area contributed by atoms with Crippen molar-refractivity contribution in [2.24, 2.45) is 0 Å². The van der Waals surface area contributed by atoms with E-state index in [-0.39, 0.29) is 5.60 Å². The molecule has 1 aliphatic rings. The highest BCUT2D eigenvalue weighted by atomic mass is 17.2. The van der Waals surface area contributed by atoms with E-state index in [2.05, 4.69) is 13.8 Å². The van der Waals surface area contributed by atoms with Gasteiger partial charge < -0.3 is 4.79 Å². The Kier molecular flexibility index (Phi) is 12.5. The van der Waals surface area contributed by atoms with Crippen molar-refractivity contribution >= 4 is 6.29 Å². The Labute approximate surface area is 162 Å². The van der Waals surface area contributed by atoms with Crippen molar-refractivity contribution in [3.05, 3.63) is 0 Å². The lowest BCUT2D eigenvalue weighted by Gasteiger charge is -2.21. The van der Waals surface area contributed by atoms with E-state index in [4.69, 9.17) is 9.78 Å². The number of rotatable bonds is 17. The molecule has 0 saturated carbocycles. The summed E-state index contributed by atoms with van der Waals surface area (Å²) >= 11 is 0. The fraction of sp³-hybridized carbons (Fsp3) is 0.957. The van der Waals surface area contributed by atoms with Crippen LogP contribution < -0.4 is 0 Å². The quantitative estimate of drug-likeness (QED) is 0.153. The monoisotopic (exact) mass is 368 g/mol. The molecule has 1 rings (SSSR count). The van der Waals surface area contributed by atoms with Gasteiger partial charge in [0, 0.05) is 12.8 Å². The van der Waals surface area contributed by atoms with E-state index in [9.17, 15) is 4.79 Å². The van der Waals surface area contributed by atoms with Crippen LogP contribution in [0.1, 0.15) is 130 Å². The minimum atomic E-state index is -0.424. The Bertz CT molecular complexity index is 357. The van der Waals surface area contributed by atoms with Gasteiger partial charge in [-0.2, -0.15) is 0 Å². The second kappa shape index (κ2) is 13.7. The number of hydrogen-bond donors (Lipinski definition) is 0. The molecular weight excluding hydrogens is 324 g/mol. The molecule has 1 aliphatic heterocycles. The lowest BCUT2D eigenvalue weighted by atomic mass is 9.85. The third-order valence-electron chi connectivity index (χ3n) is 5.77. The molecule has 3 nitrogen and oxygen atoms in total. The number of hydrogen-bond acceptors (Lipinski definition) is 3. The van der Waals surface area contributed by atoms with Gasteiger partial charge in [0.15, 0.2) is 0 Å². The van der Waals surface area contributed by atoms with Crippen molar-refractivity contribution in [3.8, 4) is 0 Å². The van der Waals surface area contributed by atoms with Crippen LogP contribution in [0.2, 0.25) is 0 Å². The lowest BCUT2D eigenvalue weighted by Crippen LogP contribution is -2.28. The van der Waals surface area contributed by atoms with E-state index < -0.39 is 5.60 Å². The van der Waals surface area contributed by atoms with Gasteiger partial charge in [-0.05, 0) is 20.3 Å². The normalized spacial score (nSPS) is 25.7. The summed E-state index contributed by atoms with van der Waals surface area (Å²) in [6.07, 6.45) is 22.5. The molecule has 0 amide bonds. The zero-order valence-corrected chi connectivity index (χ0v) is 17.8. The van der Waals surface area contributed by atoms with Crippen molar-refractivity contribution in [1.82, 2.24) is 0 Å². The Morgan fingerprint density at radius 3 is 1.58 bits per heavy atom. The maximum atomic E-state index is 10.7. The van der Waals surface area contributed by atoms with E-state index in [1.54, 1.807) is 0 Å². The van der Waals surface area contributed by atoms with Crippen molar-refractivity contribution in [2.45, 2.75) is 141 Å². The Morgan fingerprint density at radius 2 is 1.12 bits per heavy atom. The first kappa shape index (κ1) is 23.6. The van der Waals surface area contributed by atoms with Gasteiger partial charge in [-0.25, -0.2) is 9.78 Å². The predicted octanol–water partition coefficient (Wildman–Crippen LogP) is 7.32. The van der Waals surface area contributed by atoms with E-state index in [1.807, 2.05) is 6.92 Å². The van der Waals surface area contributed by atoms with Gasteiger partial charge in [0.2, 0.25) is 0 Å². The van der Waals surface area contributed by atoms with Crippen LogP contribution in [-0.4, -0.2) is 17.5 Å². The molecule has 3 heteroatoms. The SMILES string of the molecule is CCCCCCCCCCCCCCCC[C@@]1(C)C[C@](C)(CC=O)OO1. The van der Waals surface area contributed by atoms with Crippen LogP contribution in [0.4, 0.5) is 0 Å². The maximum absolute atomic E-state index is 10.7. The molecule has 0 unspecified atom stereocenters. The molecule has 0 spiro atoms. The number of carbonyl (C=O) groups is 1. The summed E-state index contributed by atoms with van der Waals surface area (Å²) in [5.41, 5.74) is -0.638. The lowest BCUT2D eigenvalue weighted by molar-refractivity contribution is -0.344. The Balaban J connectivity index is 1.87. The van der Waals surface area contributed by atoms with E-state index in [0.29, 0.717) is 6.42 Å². The van der Waals surface area contributed by atoms with Crippen molar-refractivity contribution in [3.63, 3.8) is 0 Å². The molecule has 1 heterocycles. The van der Waals surface area contributed by atoms with Crippen LogP contribution in [0.5, 0.6) is 0 Å². The van der Waals surface area contributed by atoms with Crippen LogP contribution in [-0.2, 0) is 14.6 Å². The summed E-state index contributed by atoms with van der Waals surface area (Å²) in [5, 5.41) is 0. The molecule has 0 bridgehead atoms. The highest BCUT2D eigenvalue weighted by Crippen LogP contribution is 2.40. The van der Waals surface area contributed by atoms with Gasteiger partial charge >= 0.3 is 0 Å². The van der Waals surface area contributed by atoms with Gasteiger partial charge in [-0.3, -0.25) is 0 Å². The van der Waals surface area contributed by atoms with Gasteiger partial charge in [-0.1, -0.05) is 96.8 Å². The molecule has 0 radical (unpaired) electrons. The Morgan fingerprint density at radius 1 is 0.692 bits per heavy atom. The fourth-order valence-electron chi connectivity index (χ4n) is 4.16. The van der Waals surface area contributed by atoms with Gasteiger partial charge in [0.1, 0.15) is 17.5 Å². The summed E-state index contributed by atoms with van der Waals surface area (Å²) in [6, 6.07) is 0. The molecule has 0 aromatic carbocycles. The average Bonchev–Trinajstić information content (AvgIpc) is 2.91. The molecule has 154 valence electrons. The number of carbonyl (C=O) groups excluding carboxylic acids is 1. The summed E-state index contributed by atoms with van der Waals surface area (Å²) < 4.78 is 0. The predicted molar refractivity (Wildman–Crippen MR) is 109 cm³/mol. The highest BCUT2D eigenvalue weighted by Gasteiger charge is 2.45. The Hall–Kier alpha value is -0.410. The fourth-order valence-corrected chi connectivity index (χ4v) is 4.16. The van der Waals surface area contributed by atoms with Crippen molar-refractivity contribution in [2.75, 3.05) is 0 Å². The molecule has 1 saturated heterocycles. The first-order chi connectivity index (χ1) is 12.5. The number of unbranched alkanes of at least 4 members (excludes halogenated alkanes) is 13. The largest absolute Gasteiger partial charge is 0.303 e. The van der Waals surface area contributed by atoms with Gasteiger partial charge in [-0.15, -0.1) is 0 Å². The molecule has 0 aliphatic carbocycles. The number of aldehydes is 1. The van der Waals surface area contributed by atoms with Gasteiger partial charge in [0.05, 0.1) is 0 Å². The van der Waals surface area contributed by atoms with E-state index >= 15 is 0 Å². The average molecular weight is 369 g/mol.